The van der Waals surface area contributed by atoms with E-state index in [1.165, 1.54) is 23.8 Å². The lowest BCUT2D eigenvalue weighted by atomic mass is 10.1. The molecule has 3 amide bonds. The van der Waals surface area contributed by atoms with Crippen molar-refractivity contribution < 1.29 is 23.5 Å². The highest BCUT2D eigenvalue weighted by Crippen LogP contribution is 2.27. The minimum Gasteiger partial charge on any atom is -0.447 e. The monoisotopic (exact) mass is 609 g/mol. The number of pyridine rings is 1. The van der Waals surface area contributed by atoms with Crippen molar-refractivity contribution in [1.82, 2.24) is 19.7 Å². The zero-order valence-corrected chi connectivity index (χ0v) is 25.1. The number of nitrogens with zero attached hydrogens (tertiary/aromatic N) is 4. The number of nitrogens with one attached hydrogen (secondary N) is 1. The van der Waals surface area contributed by atoms with E-state index in [-0.39, 0.29) is 42.7 Å². The van der Waals surface area contributed by atoms with Crippen LogP contribution in [0.3, 0.4) is 0 Å². The maximum Gasteiger partial charge on any atom is 0.412 e. The molecule has 0 unspecified atom stereocenters. The van der Waals surface area contributed by atoms with Crippen molar-refractivity contribution in [2.75, 3.05) is 45.2 Å². The predicted molar refractivity (Wildman–Crippen MR) is 163 cm³/mol. The van der Waals surface area contributed by atoms with Gasteiger partial charge in [-0.05, 0) is 48.8 Å². The molecule has 228 valence electrons. The number of aryl methyl sites for hydroxylation is 1. The van der Waals surface area contributed by atoms with Crippen molar-refractivity contribution >= 4 is 46.1 Å². The van der Waals surface area contributed by atoms with Crippen molar-refractivity contribution in [2.24, 2.45) is 0 Å². The largest absolute Gasteiger partial charge is 0.447 e. The summed E-state index contributed by atoms with van der Waals surface area (Å²) in [5.41, 5.74) is 0.541. The van der Waals surface area contributed by atoms with Gasteiger partial charge in [-0.3, -0.25) is 19.8 Å². The fourth-order valence-electron chi connectivity index (χ4n) is 5.44. The van der Waals surface area contributed by atoms with Gasteiger partial charge in [0.15, 0.2) is 0 Å². The summed E-state index contributed by atoms with van der Waals surface area (Å²) in [4.78, 5) is 49.1. The van der Waals surface area contributed by atoms with E-state index in [1.807, 2.05) is 29.2 Å². The number of carbonyl (C=O) groups is 3. The fourth-order valence-corrected chi connectivity index (χ4v) is 5.66. The smallest absolute Gasteiger partial charge is 0.412 e. The van der Waals surface area contributed by atoms with Crippen molar-refractivity contribution in [3.8, 4) is 0 Å². The molecule has 1 aliphatic heterocycles. The maximum atomic E-state index is 13.9. The Balaban J connectivity index is 1.18. The number of piperazine rings is 1. The van der Waals surface area contributed by atoms with Gasteiger partial charge in [0, 0.05) is 63.7 Å². The summed E-state index contributed by atoms with van der Waals surface area (Å²) in [5, 5.41) is 4.52. The van der Waals surface area contributed by atoms with Gasteiger partial charge in [0.25, 0.3) is 0 Å². The van der Waals surface area contributed by atoms with E-state index in [9.17, 15) is 18.8 Å². The highest BCUT2D eigenvalue weighted by atomic mass is 35.5. The Kier molecular flexibility index (Phi) is 10.1. The lowest BCUT2D eigenvalue weighted by molar-refractivity contribution is -0.136. The van der Waals surface area contributed by atoms with Gasteiger partial charge >= 0.3 is 6.09 Å². The Hall–Kier alpha value is -3.76. The predicted octanol–water partition coefficient (Wildman–Crippen LogP) is 5.12. The lowest BCUT2D eigenvalue weighted by Gasteiger charge is -2.35. The van der Waals surface area contributed by atoms with E-state index in [1.54, 1.807) is 31.4 Å². The molecule has 1 atom stereocenters. The molecule has 2 heterocycles. The van der Waals surface area contributed by atoms with Crippen LogP contribution >= 0.6 is 11.6 Å². The summed E-state index contributed by atoms with van der Waals surface area (Å²) in [7, 11) is 1.63. The molecule has 11 heteroatoms. The first-order chi connectivity index (χ1) is 20.8. The highest BCUT2D eigenvalue weighted by molar-refractivity contribution is 6.31. The zero-order chi connectivity index (χ0) is 30.3. The zero-order valence-electron chi connectivity index (χ0n) is 24.3. The number of ether oxygens (including phenoxy) is 1. The Morgan fingerprint density at radius 2 is 1.81 bits per heavy atom. The SMILES string of the molecule is CN(C(=O)CCc1cccc(F)c1Cl)[C@@H](CCC(=O)N1CCN(C2CC2)CC1)COC(=O)Nc1cc2ccccc2cn1. The molecule has 1 aliphatic carbocycles. The van der Waals surface area contributed by atoms with Crippen molar-refractivity contribution in [3.05, 3.63) is 71.1 Å². The van der Waals surface area contributed by atoms with Crippen molar-refractivity contribution in [1.29, 1.82) is 0 Å². The number of benzene rings is 2. The van der Waals surface area contributed by atoms with Gasteiger partial charge in [-0.15, -0.1) is 0 Å². The lowest BCUT2D eigenvalue weighted by Crippen LogP contribution is -2.49. The van der Waals surface area contributed by atoms with Gasteiger partial charge in [-0.2, -0.15) is 0 Å². The third-order valence-corrected chi connectivity index (χ3v) is 8.69. The van der Waals surface area contributed by atoms with Crippen LogP contribution in [0.5, 0.6) is 0 Å². The third kappa shape index (κ3) is 8.20. The van der Waals surface area contributed by atoms with Gasteiger partial charge in [0.2, 0.25) is 11.8 Å². The van der Waals surface area contributed by atoms with Crippen LogP contribution in [0.2, 0.25) is 5.02 Å². The Bertz CT molecular complexity index is 1460. The van der Waals surface area contributed by atoms with Crippen LogP contribution in [0.4, 0.5) is 15.0 Å². The summed E-state index contributed by atoms with van der Waals surface area (Å²) in [6.45, 7) is 3.05. The number of rotatable bonds is 11. The quantitative estimate of drug-likeness (QED) is 0.324. The van der Waals surface area contributed by atoms with E-state index in [0.717, 1.165) is 23.9 Å². The Morgan fingerprint density at radius 3 is 2.56 bits per heavy atom. The van der Waals surface area contributed by atoms with Crippen LogP contribution in [0.15, 0.2) is 54.7 Å². The van der Waals surface area contributed by atoms with Crippen LogP contribution in [0.25, 0.3) is 10.8 Å². The van der Waals surface area contributed by atoms with Crippen LogP contribution in [0, 0.1) is 5.82 Å². The van der Waals surface area contributed by atoms with E-state index in [0.29, 0.717) is 36.9 Å². The molecule has 43 heavy (non-hydrogen) atoms. The highest BCUT2D eigenvalue weighted by Gasteiger charge is 2.32. The van der Waals surface area contributed by atoms with Crippen molar-refractivity contribution in [3.63, 3.8) is 0 Å². The van der Waals surface area contributed by atoms with Crippen LogP contribution < -0.4 is 5.32 Å². The first kappa shape index (κ1) is 30.7. The number of halogens is 2. The molecule has 1 N–H and O–H groups in total. The topological polar surface area (TPSA) is 95.1 Å². The standard InChI is InChI=1S/C32H37ClFN5O4/c1-37(29(40)13-9-22-7-4-8-27(34)31(22)33)26(12-14-30(41)39-17-15-38(16-18-39)25-10-11-25)21-43-32(42)36-28-19-23-5-2-3-6-24(23)20-35-28/h2-8,19-20,25-26H,9-18,21H2,1H3,(H,35,36,42)/t26-/m0/s1. The average molecular weight is 610 g/mol. The molecule has 0 bridgehead atoms. The summed E-state index contributed by atoms with van der Waals surface area (Å²) in [5.74, 6) is -0.388. The first-order valence-electron chi connectivity index (χ1n) is 14.8. The molecule has 1 saturated heterocycles. The number of anilines is 1. The minimum absolute atomic E-state index is 0.00388. The molecule has 0 spiro atoms. The van der Waals surface area contributed by atoms with Gasteiger partial charge in [-0.1, -0.05) is 48.0 Å². The number of hydrogen-bond donors (Lipinski definition) is 1. The second kappa shape index (κ2) is 14.1. The molecule has 2 fully saturated rings. The van der Waals surface area contributed by atoms with Gasteiger partial charge in [-0.25, -0.2) is 14.2 Å². The molecule has 1 aromatic heterocycles. The maximum absolute atomic E-state index is 13.9. The average Bonchev–Trinajstić information content (AvgIpc) is 3.87. The number of aromatic nitrogens is 1. The van der Waals surface area contributed by atoms with Crippen LogP contribution in [0.1, 0.15) is 37.7 Å². The summed E-state index contributed by atoms with van der Waals surface area (Å²) in [6, 6.07) is 14.1. The van der Waals surface area contributed by atoms with E-state index < -0.39 is 18.0 Å². The van der Waals surface area contributed by atoms with Gasteiger partial charge < -0.3 is 14.5 Å². The molecule has 3 aromatic rings. The van der Waals surface area contributed by atoms with E-state index in [2.05, 4.69) is 15.2 Å². The van der Waals surface area contributed by atoms with Crippen LogP contribution in [-0.4, -0.2) is 89.5 Å². The third-order valence-electron chi connectivity index (χ3n) is 8.27. The second-order valence-corrected chi connectivity index (χ2v) is 11.6. The van der Waals surface area contributed by atoms with Gasteiger partial charge in [0.05, 0.1) is 11.1 Å². The molecule has 0 radical (unpaired) electrons. The number of fused-ring (bicyclic) bond motifs is 1. The number of likely N-dealkylation sites (N-methyl/N-ethyl adjacent to an activating group) is 1. The first-order valence-corrected chi connectivity index (χ1v) is 15.1. The summed E-state index contributed by atoms with van der Waals surface area (Å²) < 4.78 is 19.4. The van der Waals surface area contributed by atoms with E-state index >= 15 is 0 Å². The number of amides is 3. The van der Waals surface area contributed by atoms with E-state index in [4.69, 9.17) is 16.3 Å². The molecule has 9 nitrogen and oxygen atoms in total. The fraction of sp³-hybridized carbons (Fsp3) is 0.438. The molecule has 5 rings (SSSR count). The number of carbonyl (C=O) groups excluding carboxylic acids is 3. The number of hydrogen-bond acceptors (Lipinski definition) is 6. The van der Waals surface area contributed by atoms with Gasteiger partial charge in [0.1, 0.15) is 18.2 Å². The minimum atomic E-state index is -0.706. The van der Waals surface area contributed by atoms with Crippen LogP contribution in [-0.2, 0) is 20.7 Å². The summed E-state index contributed by atoms with van der Waals surface area (Å²) >= 11 is 6.08. The normalized spacial score (nSPS) is 16.1. The second-order valence-electron chi connectivity index (χ2n) is 11.2. The molecular formula is C32H37ClFN5O4. The molecule has 1 saturated carbocycles. The Morgan fingerprint density at radius 1 is 1.07 bits per heavy atom. The summed E-state index contributed by atoms with van der Waals surface area (Å²) in [6.07, 6.45) is 4.33. The van der Waals surface area contributed by atoms with Crippen molar-refractivity contribution in [2.45, 2.75) is 50.6 Å². The molecular weight excluding hydrogens is 573 g/mol. The Labute approximate surface area is 255 Å². The molecule has 2 aromatic carbocycles. The molecule has 2 aliphatic rings.